The van der Waals surface area contributed by atoms with Crippen molar-refractivity contribution in [1.29, 1.82) is 0 Å². The molecule has 0 saturated carbocycles. The Bertz CT molecular complexity index is 350. The summed E-state index contributed by atoms with van der Waals surface area (Å²) in [6.45, 7) is 3.85. The third-order valence-corrected chi connectivity index (χ3v) is 1.67. The third-order valence-electron chi connectivity index (χ3n) is 1.67. The molecule has 1 heterocycles. The van der Waals surface area contributed by atoms with Gasteiger partial charge < -0.3 is 10.5 Å². The van der Waals surface area contributed by atoms with Gasteiger partial charge in [0.2, 0.25) is 0 Å². The van der Waals surface area contributed by atoms with E-state index < -0.39 is 5.97 Å². The lowest BCUT2D eigenvalue weighted by Gasteiger charge is -2.06. The fourth-order valence-electron chi connectivity index (χ4n) is 0.953. The van der Waals surface area contributed by atoms with Crippen LogP contribution in [0.2, 0.25) is 0 Å². The van der Waals surface area contributed by atoms with Gasteiger partial charge in [-0.25, -0.2) is 14.8 Å². The van der Waals surface area contributed by atoms with E-state index in [-0.39, 0.29) is 17.4 Å². The summed E-state index contributed by atoms with van der Waals surface area (Å²) >= 11 is 0. The number of aromatic nitrogens is 2. The number of methoxy groups -OCH3 is 1. The fraction of sp³-hybridized carbons (Fsp3) is 0.444. The van der Waals surface area contributed by atoms with E-state index in [1.807, 2.05) is 13.8 Å². The molecule has 1 aromatic rings. The highest BCUT2D eigenvalue weighted by molar-refractivity contribution is 5.87. The zero-order chi connectivity index (χ0) is 10.7. The van der Waals surface area contributed by atoms with Gasteiger partial charge in [0, 0.05) is 12.0 Å². The molecule has 5 heteroatoms. The summed E-state index contributed by atoms with van der Waals surface area (Å²) in [7, 11) is 1.30. The molecule has 14 heavy (non-hydrogen) atoms. The van der Waals surface area contributed by atoms with Crippen LogP contribution in [0.15, 0.2) is 6.07 Å². The Kier molecular flexibility index (Phi) is 3.01. The van der Waals surface area contributed by atoms with Crippen LogP contribution in [0, 0.1) is 0 Å². The molecule has 1 rings (SSSR count). The quantitative estimate of drug-likeness (QED) is 0.711. The van der Waals surface area contributed by atoms with Gasteiger partial charge in [-0.05, 0) is 0 Å². The first-order valence-corrected chi connectivity index (χ1v) is 4.27. The first-order chi connectivity index (χ1) is 6.54. The lowest BCUT2D eigenvalue weighted by Crippen LogP contribution is -2.10. The van der Waals surface area contributed by atoms with Crippen molar-refractivity contribution >= 4 is 11.8 Å². The molecule has 0 unspecified atom stereocenters. The van der Waals surface area contributed by atoms with Crippen molar-refractivity contribution in [3.63, 3.8) is 0 Å². The van der Waals surface area contributed by atoms with Gasteiger partial charge in [-0.3, -0.25) is 0 Å². The van der Waals surface area contributed by atoms with Crippen molar-refractivity contribution in [2.75, 3.05) is 12.8 Å². The van der Waals surface area contributed by atoms with Gasteiger partial charge in [-0.2, -0.15) is 0 Å². The Morgan fingerprint density at radius 3 is 2.64 bits per heavy atom. The molecule has 0 amide bonds. The maximum absolute atomic E-state index is 11.2. The number of anilines is 1. The number of nitrogen functional groups attached to an aromatic ring is 1. The van der Waals surface area contributed by atoms with Crippen molar-refractivity contribution in [3.05, 3.63) is 17.6 Å². The second-order valence-electron chi connectivity index (χ2n) is 3.18. The summed E-state index contributed by atoms with van der Waals surface area (Å²) in [5.74, 6) is 0.456. The minimum Gasteiger partial charge on any atom is -0.464 e. The first kappa shape index (κ1) is 10.4. The lowest BCUT2D eigenvalue weighted by molar-refractivity contribution is 0.0593. The van der Waals surface area contributed by atoms with E-state index in [0.29, 0.717) is 5.82 Å². The number of esters is 1. The Hall–Kier alpha value is -1.65. The van der Waals surface area contributed by atoms with E-state index >= 15 is 0 Å². The van der Waals surface area contributed by atoms with Crippen molar-refractivity contribution in [2.45, 2.75) is 19.8 Å². The molecule has 0 aliphatic carbocycles. The molecule has 0 bridgehead atoms. The summed E-state index contributed by atoms with van der Waals surface area (Å²) in [5, 5.41) is 0. The normalized spacial score (nSPS) is 10.3. The number of ether oxygens (including phenoxy) is 1. The topological polar surface area (TPSA) is 78.1 Å². The Morgan fingerprint density at radius 2 is 2.14 bits per heavy atom. The molecule has 0 atom stereocenters. The minimum atomic E-state index is -0.499. The van der Waals surface area contributed by atoms with Crippen LogP contribution in [-0.2, 0) is 4.74 Å². The Labute approximate surface area is 82.3 Å². The molecule has 76 valence electrons. The maximum Gasteiger partial charge on any atom is 0.356 e. The standard InChI is InChI=1S/C9H13N3O2/c1-5(2)8-11-6(9(13)14-3)4-7(10)12-8/h4-5H,1-3H3,(H2,10,11,12). The first-order valence-electron chi connectivity index (χ1n) is 4.27. The molecular weight excluding hydrogens is 182 g/mol. The molecule has 0 spiro atoms. The summed E-state index contributed by atoms with van der Waals surface area (Å²) in [6.07, 6.45) is 0. The van der Waals surface area contributed by atoms with Crippen LogP contribution in [0.4, 0.5) is 5.82 Å². The number of nitrogens with zero attached hydrogens (tertiary/aromatic N) is 2. The fourth-order valence-corrected chi connectivity index (χ4v) is 0.953. The van der Waals surface area contributed by atoms with Crippen LogP contribution in [-0.4, -0.2) is 23.0 Å². The molecule has 2 N–H and O–H groups in total. The second kappa shape index (κ2) is 4.04. The van der Waals surface area contributed by atoms with E-state index in [1.165, 1.54) is 13.2 Å². The van der Waals surface area contributed by atoms with Crippen LogP contribution >= 0.6 is 0 Å². The maximum atomic E-state index is 11.2. The predicted molar refractivity (Wildman–Crippen MR) is 51.9 cm³/mol. The summed E-state index contributed by atoms with van der Waals surface area (Å²) in [6, 6.07) is 1.40. The summed E-state index contributed by atoms with van der Waals surface area (Å²) in [4.78, 5) is 19.2. The van der Waals surface area contributed by atoms with Gasteiger partial charge in [-0.1, -0.05) is 13.8 Å². The summed E-state index contributed by atoms with van der Waals surface area (Å²) < 4.78 is 4.54. The van der Waals surface area contributed by atoms with E-state index in [0.717, 1.165) is 0 Å². The number of carbonyl (C=O) groups is 1. The highest BCUT2D eigenvalue weighted by atomic mass is 16.5. The number of carbonyl (C=O) groups excluding carboxylic acids is 1. The third kappa shape index (κ3) is 2.18. The monoisotopic (exact) mass is 195 g/mol. The SMILES string of the molecule is COC(=O)c1cc(N)nc(C(C)C)n1. The van der Waals surface area contributed by atoms with Crippen LogP contribution < -0.4 is 5.73 Å². The molecule has 0 saturated heterocycles. The van der Waals surface area contributed by atoms with Crippen LogP contribution in [0.5, 0.6) is 0 Å². The Morgan fingerprint density at radius 1 is 1.50 bits per heavy atom. The zero-order valence-corrected chi connectivity index (χ0v) is 8.44. The van der Waals surface area contributed by atoms with Crippen LogP contribution in [0.25, 0.3) is 0 Å². The number of nitrogens with two attached hydrogens (primary N) is 1. The van der Waals surface area contributed by atoms with Gasteiger partial charge in [0.05, 0.1) is 7.11 Å². The average molecular weight is 195 g/mol. The van der Waals surface area contributed by atoms with Gasteiger partial charge in [0.25, 0.3) is 0 Å². The van der Waals surface area contributed by atoms with Crippen LogP contribution in [0.1, 0.15) is 36.1 Å². The highest BCUT2D eigenvalue weighted by Gasteiger charge is 2.12. The largest absolute Gasteiger partial charge is 0.464 e. The van der Waals surface area contributed by atoms with E-state index in [9.17, 15) is 4.79 Å². The number of hydrogen-bond acceptors (Lipinski definition) is 5. The molecule has 0 fully saturated rings. The van der Waals surface area contributed by atoms with Gasteiger partial charge in [-0.15, -0.1) is 0 Å². The van der Waals surface area contributed by atoms with Crippen molar-refractivity contribution in [3.8, 4) is 0 Å². The van der Waals surface area contributed by atoms with Gasteiger partial charge >= 0.3 is 5.97 Å². The van der Waals surface area contributed by atoms with E-state index in [4.69, 9.17) is 5.73 Å². The van der Waals surface area contributed by atoms with Crippen molar-refractivity contribution in [1.82, 2.24) is 9.97 Å². The minimum absolute atomic E-state index is 0.127. The van der Waals surface area contributed by atoms with Crippen molar-refractivity contribution in [2.24, 2.45) is 0 Å². The molecule has 1 aromatic heterocycles. The van der Waals surface area contributed by atoms with Gasteiger partial charge in [0.1, 0.15) is 11.6 Å². The second-order valence-corrected chi connectivity index (χ2v) is 3.18. The average Bonchev–Trinajstić information content (AvgIpc) is 2.15. The molecule has 0 aliphatic rings. The molecule has 0 aliphatic heterocycles. The highest BCUT2D eigenvalue weighted by Crippen LogP contribution is 2.12. The molecule has 0 radical (unpaired) electrons. The van der Waals surface area contributed by atoms with Crippen LogP contribution in [0.3, 0.4) is 0 Å². The smallest absolute Gasteiger partial charge is 0.356 e. The lowest BCUT2D eigenvalue weighted by atomic mass is 10.2. The number of hydrogen-bond donors (Lipinski definition) is 1. The number of rotatable bonds is 2. The summed E-state index contributed by atoms with van der Waals surface area (Å²) in [5.41, 5.74) is 5.73. The van der Waals surface area contributed by atoms with Crippen molar-refractivity contribution < 1.29 is 9.53 Å². The molecule has 5 nitrogen and oxygen atoms in total. The molecular formula is C9H13N3O2. The van der Waals surface area contributed by atoms with E-state index in [2.05, 4.69) is 14.7 Å². The zero-order valence-electron chi connectivity index (χ0n) is 8.44. The van der Waals surface area contributed by atoms with Gasteiger partial charge in [0.15, 0.2) is 5.69 Å². The Balaban J connectivity index is 3.13. The predicted octanol–water partition coefficient (Wildman–Crippen LogP) is 0.969. The molecule has 0 aromatic carbocycles. The van der Waals surface area contributed by atoms with E-state index in [1.54, 1.807) is 0 Å².